The quantitative estimate of drug-likeness (QED) is 0.0632. The van der Waals surface area contributed by atoms with E-state index in [1.165, 1.54) is 0 Å². The summed E-state index contributed by atoms with van der Waals surface area (Å²) in [5.41, 5.74) is -11.1. The number of hydrogen-bond donors (Lipinski definition) is 19. The van der Waals surface area contributed by atoms with Crippen LogP contribution in [-0.4, -0.2) is 182 Å². The molecule has 0 amide bonds. The lowest BCUT2D eigenvalue weighted by Gasteiger charge is -2.48. The van der Waals surface area contributed by atoms with Crippen LogP contribution in [-0.2, 0) is 23.7 Å². The Morgan fingerprint density at radius 2 is 0.934 bits per heavy atom. The zero-order valence-electron chi connectivity index (χ0n) is 37.7. The van der Waals surface area contributed by atoms with Crippen LogP contribution in [0.3, 0.4) is 0 Å². The number of ketones is 1. The molecule has 5 aromatic carbocycles. The number of cyclic esters (lactones) is 2. The fourth-order valence-electron chi connectivity index (χ4n) is 9.78. The highest BCUT2D eigenvalue weighted by atomic mass is 16.6. The van der Waals surface area contributed by atoms with Crippen LogP contribution in [0.4, 0.5) is 0 Å². The minimum Gasteiger partial charge on any atom is -0.504 e. The first-order valence-corrected chi connectivity index (χ1v) is 21.8. The minimum atomic E-state index is -2.74. The van der Waals surface area contributed by atoms with E-state index in [0.717, 1.165) is 0 Å². The van der Waals surface area contributed by atoms with Gasteiger partial charge in [-0.05, 0) is 30.3 Å². The molecule has 29 heteroatoms. The lowest BCUT2D eigenvalue weighted by atomic mass is 9.69. The number of ether oxygens (including phenoxy) is 5. The van der Waals surface area contributed by atoms with Crippen LogP contribution in [0.1, 0.15) is 69.7 Å². The average molecular weight is 1070 g/mol. The van der Waals surface area contributed by atoms with E-state index in [1.54, 1.807) is 0 Å². The third-order valence-electron chi connectivity index (χ3n) is 13.4. The third-order valence-corrected chi connectivity index (χ3v) is 13.4. The smallest absolute Gasteiger partial charge is 0.339 e. The topological polar surface area (TPSA) is 516 Å². The van der Waals surface area contributed by atoms with Crippen LogP contribution < -0.4 is 0 Å². The van der Waals surface area contributed by atoms with Crippen molar-refractivity contribution in [1.29, 1.82) is 0 Å². The number of benzene rings is 5. The van der Waals surface area contributed by atoms with E-state index in [2.05, 4.69) is 0 Å². The second kappa shape index (κ2) is 18.1. The lowest BCUT2D eigenvalue weighted by Crippen LogP contribution is -2.62. The lowest BCUT2D eigenvalue weighted by molar-refractivity contribution is -0.291. The zero-order valence-corrected chi connectivity index (χ0v) is 37.7. The number of rotatable bonds is 4. The van der Waals surface area contributed by atoms with E-state index < -0.39 is 245 Å². The molecule has 4 aliphatic rings. The Hall–Kier alpha value is -9.55. The molecule has 9 rings (SSSR count). The van der Waals surface area contributed by atoms with Crippen molar-refractivity contribution >= 4 is 29.7 Å². The summed E-state index contributed by atoms with van der Waals surface area (Å²) in [6.07, 6.45) is -21.6. The summed E-state index contributed by atoms with van der Waals surface area (Å²) < 4.78 is 28.5. The summed E-state index contributed by atoms with van der Waals surface area (Å²) in [6, 6.07) is 2.18. The molecule has 0 aliphatic carbocycles. The highest BCUT2D eigenvalue weighted by Gasteiger charge is 2.59. The van der Waals surface area contributed by atoms with Gasteiger partial charge in [-0.1, -0.05) is 0 Å². The minimum absolute atomic E-state index is 0.324. The van der Waals surface area contributed by atoms with Gasteiger partial charge in [-0.15, -0.1) is 0 Å². The molecule has 400 valence electrons. The number of aliphatic hydroxyl groups is 4. The number of fused-ring (bicyclic) bond motifs is 7. The Labute approximate surface area is 419 Å². The van der Waals surface area contributed by atoms with Gasteiger partial charge in [0.25, 0.3) is 0 Å². The van der Waals surface area contributed by atoms with E-state index in [1.807, 2.05) is 0 Å². The Kier molecular flexibility index (Phi) is 12.3. The molecule has 76 heavy (non-hydrogen) atoms. The molecule has 4 heterocycles. The molecule has 1 fully saturated rings. The summed E-state index contributed by atoms with van der Waals surface area (Å²) in [4.78, 5) is 73.4. The average Bonchev–Trinajstić information content (AvgIpc) is 3.43. The summed E-state index contributed by atoms with van der Waals surface area (Å²) in [5, 5.41) is 208. The van der Waals surface area contributed by atoms with Gasteiger partial charge >= 0.3 is 23.9 Å². The molecule has 0 spiro atoms. The van der Waals surface area contributed by atoms with Crippen molar-refractivity contribution in [3.05, 3.63) is 63.7 Å². The van der Waals surface area contributed by atoms with Crippen molar-refractivity contribution < 1.29 is 145 Å². The van der Waals surface area contributed by atoms with Gasteiger partial charge in [-0.25, -0.2) is 19.2 Å². The standard InChI is InChI=1S/C47H38O29/c48-13-6-12(41-26(42-38(65)37(64)39(66)47(71)76-42)24-25(46(70)75-41)23(34(61)36(63)35(24)62)20-9(13)3-16(51)28(55)31(20)58)40-19(73-43(67)8-1-14(49)27(54)15(50)2-8)7-72-44(68)10-4-17(52)29(56)32(59)21(10)22-11(45(69)74-40)5-18(53)30(57)33(22)60/h1-5,12,19,26,37-42,47,49-66,71H,6-7H2. The second-order valence-electron chi connectivity index (χ2n) is 17.7. The molecular formula is C47H38O29. The fourth-order valence-corrected chi connectivity index (χ4v) is 9.78. The predicted octanol–water partition coefficient (Wildman–Crippen LogP) is -0.149. The third kappa shape index (κ3) is 7.71. The van der Waals surface area contributed by atoms with Gasteiger partial charge < -0.3 is 121 Å². The summed E-state index contributed by atoms with van der Waals surface area (Å²) in [7, 11) is 0. The summed E-state index contributed by atoms with van der Waals surface area (Å²) >= 11 is 0. The molecule has 5 aromatic rings. The molecule has 10 unspecified atom stereocenters. The summed E-state index contributed by atoms with van der Waals surface area (Å²) in [5.74, 6) is -34.6. The van der Waals surface area contributed by atoms with E-state index in [9.17, 15) is 111 Å². The number of Topliss-reactive ketones (excluding diaryl/α,β-unsaturated/α-hetero) is 1. The SMILES string of the molecule is O=C(OC1COC(=O)c2cc(O)c(O)c(O)c2-c2c(cc(O)c(O)c2O)C(=O)OC1C1CC(=O)c2cc(O)c(O)c(O)c2-c2c(O)c(O)c(O)c3c2C(=O)OC1C3C1OC(O)C(O)C(O)C1O)c1cc(O)c(O)c(O)c1. The van der Waals surface area contributed by atoms with Gasteiger partial charge in [0.2, 0.25) is 23.0 Å². The highest BCUT2D eigenvalue weighted by Crippen LogP contribution is 2.60. The van der Waals surface area contributed by atoms with E-state index in [0.29, 0.717) is 30.3 Å². The molecule has 0 aromatic heterocycles. The molecule has 19 N–H and O–H groups in total. The van der Waals surface area contributed by atoms with E-state index in [4.69, 9.17) is 23.7 Å². The number of aromatic hydroxyl groups is 15. The Morgan fingerprint density at radius 1 is 0.461 bits per heavy atom. The number of hydrogen-bond acceptors (Lipinski definition) is 29. The highest BCUT2D eigenvalue weighted by molar-refractivity contribution is 6.12. The fraction of sp³-hybridized carbons (Fsp3) is 0.255. The first kappa shape index (κ1) is 51.4. The van der Waals surface area contributed by atoms with Crippen molar-refractivity contribution in [2.45, 2.75) is 61.4 Å². The number of esters is 4. The van der Waals surface area contributed by atoms with Gasteiger partial charge in [0, 0.05) is 45.7 Å². The Bertz CT molecular complexity index is 3360. The summed E-state index contributed by atoms with van der Waals surface area (Å²) in [6.45, 7) is -1.53. The largest absolute Gasteiger partial charge is 0.504 e. The molecule has 4 aliphatic heterocycles. The van der Waals surface area contributed by atoms with Gasteiger partial charge in [0.05, 0.1) is 34.3 Å². The monoisotopic (exact) mass is 1070 g/mol. The van der Waals surface area contributed by atoms with Gasteiger partial charge in [0.15, 0.2) is 81.4 Å². The molecule has 29 nitrogen and oxygen atoms in total. The van der Waals surface area contributed by atoms with Crippen LogP contribution in [0, 0.1) is 5.92 Å². The first-order valence-electron chi connectivity index (χ1n) is 21.8. The number of carbonyl (C=O) groups excluding carboxylic acids is 5. The van der Waals surface area contributed by atoms with Crippen LogP contribution >= 0.6 is 0 Å². The number of phenols is 15. The second-order valence-corrected chi connectivity index (χ2v) is 17.7. The normalized spacial score (nSPS) is 25.2. The van der Waals surface area contributed by atoms with Crippen molar-refractivity contribution in [2.75, 3.05) is 6.61 Å². The van der Waals surface area contributed by atoms with Crippen molar-refractivity contribution in [1.82, 2.24) is 0 Å². The van der Waals surface area contributed by atoms with Crippen LogP contribution in [0.25, 0.3) is 22.3 Å². The molecule has 1 saturated heterocycles. The maximum Gasteiger partial charge on any atom is 0.339 e. The Morgan fingerprint density at radius 3 is 1.49 bits per heavy atom. The van der Waals surface area contributed by atoms with Gasteiger partial charge in [-0.2, -0.15) is 0 Å². The van der Waals surface area contributed by atoms with E-state index >= 15 is 9.59 Å². The maximum absolute atomic E-state index is 15.1. The Balaban J connectivity index is 1.38. The van der Waals surface area contributed by atoms with Crippen molar-refractivity contribution in [3.8, 4) is 108 Å². The maximum atomic E-state index is 15.1. The molecule has 0 saturated carbocycles. The predicted molar refractivity (Wildman–Crippen MR) is 237 cm³/mol. The van der Waals surface area contributed by atoms with Crippen LogP contribution in [0.5, 0.6) is 86.2 Å². The van der Waals surface area contributed by atoms with E-state index in [-0.39, 0.29) is 0 Å². The van der Waals surface area contributed by atoms with Crippen molar-refractivity contribution in [2.24, 2.45) is 5.92 Å². The zero-order chi connectivity index (χ0) is 55.6. The number of carbonyl (C=O) groups is 5. The number of aliphatic hydroxyl groups excluding tert-OH is 4. The number of phenolic OH excluding ortho intramolecular Hbond substituents is 15. The first-order chi connectivity index (χ1) is 35.7. The molecule has 10 atom stereocenters. The van der Waals surface area contributed by atoms with Gasteiger partial charge in [-0.3, -0.25) is 4.79 Å². The molecular weight excluding hydrogens is 1030 g/mol. The van der Waals surface area contributed by atoms with Crippen LogP contribution in [0.2, 0.25) is 0 Å². The van der Waals surface area contributed by atoms with Crippen molar-refractivity contribution in [3.63, 3.8) is 0 Å². The molecule has 2 bridgehead atoms. The van der Waals surface area contributed by atoms with Crippen LogP contribution in [0.15, 0.2) is 30.3 Å². The molecule has 0 radical (unpaired) electrons. The van der Waals surface area contributed by atoms with Gasteiger partial charge in [0.1, 0.15) is 37.1 Å².